The fourth-order valence-electron chi connectivity index (χ4n) is 3.35. The van der Waals surface area contributed by atoms with E-state index < -0.39 is 0 Å². The second-order valence-corrected chi connectivity index (χ2v) is 7.35. The summed E-state index contributed by atoms with van der Waals surface area (Å²) < 4.78 is 6.02. The monoisotopic (exact) mass is 402 g/mol. The van der Waals surface area contributed by atoms with E-state index in [1.54, 1.807) is 12.3 Å². The number of anilines is 1. The number of ether oxygens (including phenoxy) is 1. The summed E-state index contributed by atoms with van der Waals surface area (Å²) >= 11 is 5.81. The van der Waals surface area contributed by atoms with Crippen molar-refractivity contribution < 1.29 is 9.57 Å². The molecule has 0 aliphatic carbocycles. The predicted octanol–water partition coefficient (Wildman–Crippen LogP) is 4.49. The first-order chi connectivity index (χ1) is 13.7. The Labute approximate surface area is 171 Å². The van der Waals surface area contributed by atoms with Crippen LogP contribution in [-0.2, 0) is 4.84 Å². The zero-order valence-electron chi connectivity index (χ0n) is 16.5. The molecule has 0 radical (unpaired) electrons. The van der Waals surface area contributed by atoms with Gasteiger partial charge in [-0.15, -0.1) is 10.2 Å². The van der Waals surface area contributed by atoms with Gasteiger partial charge >= 0.3 is 0 Å². The van der Waals surface area contributed by atoms with Crippen molar-refractivity contribution in [1.29, 1.82) is 0 Å². The summed E-state index contributed by atoms with van der Waals surface area (Å²) in [6.07, 6.45) is 5.06. The molecule has 28 heavy (non-hydrogen) atoms. The summed E-state index contributed by atoms with van der Waals surface area (Å²) in [5, 5.41) is 12.4. The van der Waals surface area contributed by atoms with Crippen LogP contribution in [0.1, 0.15) is 37.3 Å². The molecule has 0 unspecified atom stereocenters. The highest BCUT2D eigenvalue weighted by Crippen LogP contribution is 2.25. The number of halogens is 1. The normalized spacial score (nSPS) is 15.2. The Balaban J connectivity index is 1.41. The lowest BCUT2D eigenvalue weighted by Gasteiger charge is -2.32. The van der Waals surface area contributed by atoms with Crippen LogP contribution in [0.4, 0.5) is 5.82 Å². The fourth-order valence-corrected chi connectivity index (χ4v) is 3.45. The molecule has 1 aliphatic heterocycles. The molecule has 6 nitrogen and oxygen atoms in total. The lowest BCUT2D eigenvalue weighted by atomic mass is 9.94. The minimum absolute atomic E-state index is 0.431. The molecule has 0 N–H and O–H groups in total. The molecule has 7 heteroatoms. The lowest BCUT2D eigenvalue weighted by molar-refractivity contribution is 0.160. The van der Waals surface area contributed by atoms with Gasteiger partial charge in [0.25, 0.3) is 0 Å². The molecular formula is C21H27ClN4O2. The Morgan fingerprint density at radius 3 is 2.71 bits per heavy atom. The van der Waals surface area contributed by atoms with Crippen LogP contribution < -0.4 is 9.64 Å². The summed E-state index contributed by atoms with van der Waals surface area (Å²) in [6, 6.07) is 9.79. The zero-order valence-corrected chi connectivity index (χ0v) is 17.2. The second kappa shape index (κ2) is 10.3. The lowest BCUT2D eigenvalue weighted by Crippen LogP contribution is -2.34. The van der Waals surface area contributed by atoms with Crippen LogP contribution in [0.2, 0.25) is 5.15 Å². The summed E-state index contributed by atoms with van der Waals surface area (Å²) in [7, 11) is 0. The van der Waals surface area contributed by atoms with Gasteiger partial charge < -0.3 is 14.5 Å². The maximum Gasteiger partial charge on any atom is 0.151 e. The highest BCUT2D eigenvalue weighted by Gasteiger charge is 2.20. The SMILES string of the molecule is CCON=Cc1ccc(OCCC2CCN(c3ccc(Cl)nn3)CC2)c(C)c1. The number of aromatic nitrogens is 2. The smallest absolute Gasteiger partial charge is 0.151 e. The van der Waals surface area contributed by atoms with Crippen molar-refractivity contribution in [2.75, 3.05) is 31.2 Å². The standard InChI is InChI=1S/C21H27ClN4O2/c1-3-28-23-15-18-4-5-19(16(2)14-18)27-13-10-17-8-11-26(12-9-17)21-7-6-20(22)24-25-21/h4-7,14-15,17H,3,8-13H2,1-2H3. The van der Waals surface area contributed by atoms with Crippen LogP contribution in [0.25, 0.3) is 0 Å². The molecule has 2 heterocycles. The van der Waals surface area contributed by atoms with Crippen molar-refractivity contribution in [3.63, 3.8) is 0 Å². The number of rotatable bonds is 8. The first-order valence-electron chi connectivity index (χ1n) is 9.78. The highest BCUT2D eigenvalue weighted by molar-refractivity contribution is 6.29. The van der Waals surface area contributed by atoms with Gasteiger partial charge in [-0.3, -0.25) is 0 Å². The van der Waals surface area contributed by atoms with Gasteiger partial charge in [0.2, 0.25) is 0 Å². The fraction of sp³-hybridized carbons (Fsp3) is 0.476. The Kier molecular flexibility index (Phi) is 7.48. The first kappa shape index (κ1) is 20.4. The minimum atomic E-state index is 0.431. The Morgan fingerprint density at radius 1 is 1.21 bits per heavy atom. The average Bonchev–Trinajstić information content (AvgIpc) is 2.71. The molecule has 150 valence electrons. The summed E-state index contributed by atoms with van der Waals surface area (Å²) in [4.78, 5) is 7.27. The van der Waals surface area contributed by atoms with Gasteiger partial charge in [0.05, 0.1) is 12.8 Å². The number of benzene rings is 1. The summed E-state index contributed by atoms with van der Waals surface area (Å²) in [6.45, 7) is 7.26. The molecule has 1 aromatic carbocycles. The minimum Gasteiger partial charge on any atom is -0.493 e. The van der Waals surface area contributed by atoms with E-state index in [2.05, 4.69) is 33.2 Å². The van der Waals surface area contributed by atoms with Gasteiger partial charge in [0, 0.05) is 13.1 Å². The van der Waals surface area contributed by atoms with Crippen molar-refractivity contribution in [1.82, 2.24) is 10.2 Å². The molecule has 0 amide bonds. The predicted molar refractivity (Wildman–Crippen MR) is 112 cm³/mol. The van der Waals surface area contributed by atoms with Gasteiger partial charge in [0.15, 0.2) is 11.0 Å². The van der Waals surface area contributed by atoms with E-state index in [1.165, 1.54) is 0 Å². The molecule has 2 aromatic rings. The van der Waals surface area contributed by atoms with Crippen molar-refractivity contribution >= 4 is 23.6 Å². The van der Waals surface area contributed by atoms with Crippen LogP contribution in [-0.4, -0.2) is 42.7 Å². The number of oxime groups is 1. The Morgan fingerprint density at radius 2 is 2.04 bits per heavy atom. The zero-order chi connectivity index (χ0) is 19.8. The van der Waals surface area contributed by atoms with Gasteiger partial charge in [-0.2, -0.15) is 0 Å². The Hall–Kier alpha value is -2.34. The van der Waals surface area contributed by atoms with Gasteiger partial charge in [0.1, 0.15) is 12.4 Å². The first-order valence-corrected chi connectivity index (χ1v) is 10.2. The van der Waals surface area contributed by atoms with E-state index in [9.17, 15) is 0 Å². The number of nitrogens with zero attached hydrogens (tertiary/aromatic N) is 4. The van der Waals surface area contributed by atoms with Crippen molar-refractivity contribution in [2.45, 2.75) is 33.1 Å². The van der Waals surface area contributed by atoms with Crippen molar-refractivity contribution in [3.8, 4) is 5.75 Å². The summed E-state index contributed by atoms with van der Waals surface area (Å²) in [5.41, 5.74) is 2.12. The van der Waals surface area contributed by atoms with E-state index in [1.807, 2.05) is 25.1 Å². The van der Waals surface area contributed by atoms with Crippen LogP contribution in [0.15, 0.2) is 35.5 Å². The number of aryl methyl sites for hydroxylation is 1. The molecule has 1 saturated heterocycles. The van der Waals surface area contributed by atoms with Crippen LogP contribution in [0, 0.1) is 12.8 Å². The van der Waals surface area contributed by atoms with E-state index in [0.717, 1.165) is 61.7 Å². The molecule has 3 rings (SSSR count). The quantitative estimate of drug-likeness (QED) is 0.480. The number of hydrogen-bond donors (Lipinski definition) is 0. The average molecular weight is 403 g/mol. The topological polar surface area (TPSA) is 59.8 Å². The van der Waals surface area contributed by atoms with E-state index >= 15 is 0 Å². The van der Waals surface area contributed by atoms with E-state index in [0.29, 0.717) is 17.7 Å². The molecule has 0 spiro atoms. The third-order valence-electron chi connectivity index (χ3n) is 4.94. The molecule has 0 bridgehead atoms. The van der Waals surface area contributed by atoms with Gasteiger partial charge in [-0.25, -0.2) is 0 Å². The third kappa shape index (κ3) is 5.83. The maximum atomic E-state index is 6.02. The third-order valence-corrected chi connectivity index (χ3v) is 5.15. The maximum absolute atomic E-state index is 6.02. The summed E-state index contributed by atoms with van der Waals surface area (Å²) in [5.74, 6) is 2.51. The van der Waals surface area contributed by atoms with Gasteiger partial charge in [-0.1, -0.05) is 16.8 Å². The van der Waals surface area contributed by atoms with E-state index in [4.69, 9.17) is 21.2 Å². The number of hydrogen-bond acceptors (Lipinski definition) is 6. The van der Waals surface area contributed by atoms with E-state index in [-0.39, 0.29) is 0 Å². The molecule has 1 aromatic heterocycles. The molecule has 1 fully saturated rings. The van der Waals surface area contributed by atoms with Crippen molar-refractivity contribution in [2.24, 2.45) is 11.1 Å². The second-order valence-electron chi connectivity index (χ2n) is 6.96. The van der Waals surface area contributed by atoms with Crippen LogP contribution in [0.5, 0.6) is 5.75 Å². The van der Waals surface area contributed by atoms with Gasteiger partial charge in [-0.05, 0) is 80.5 Å². The van der Waals surface area contributed by atoms with Crippen molar-refractivity contribution in [3.05, 3.63) is 46.6 Å². The molecule has 0 saturated carbocycles. The number of piperidine rings is 1. The highest BCUT2D eigenvalue weighted by atomic mass is 35.5. The molecular weight excluding hydrogens is 376 g/mol. The Bertz CT molecular complexity index is 774. The molecule has 1 aliphatic rings. The van der Waals surface area contributed by atoms with Crippen LogP contribution in [0.3, 0.4) is 0 Å². The largest absolute Gasteiger partial charge is 0.493 e. The van der Waals surface area contributed by atoms with Crippen LogP contribution >= 0.6 is 11.6 Å². The molecule has 0 atom stereocenters.